The van der Waals surface area contributed by atoms with Crippen molar-refractivity contribution in [3.8, 4) is 22.9 Å². The molecule has 2 heterocycles. The normalized spacial score (nSPS) is 10.8. The maximum Gasteiger partial charge on any atom is 0.332 e. The molecular weight excluding hydrogens is 558 g/mol. The van der Waals surface area contributed by atoms with Gasteiger partial charge in [-0.05, 0) is 73.6 Å². The summed E-state index contributed by atoms with van der Waals surface area (Å²) >= 11 is 5.27. The smallest absolute Gasteiger partial charge is 0.332 e. The lowest BCUT2D eigenvalue weighted by Crippen LogP contribution is -2.40. The second kappa shape index (κ2) is 14.3. The molecule has 0 unspecified atom stereocenters. The number of nitrogens with zero attached hydrogens (tertiary/aromatic N) is 3. The van der Waals surface area contributed by atoms with Crippen LogP contribution in [-0.2, 0) is 17.9 Å². The fourth-order valence-electron chi connectivity index (χ4n) is 4.29. The van der Waals surface area contributed by atoms with E-state index in [4.69, 9.17) is 21.7 Å². The number of methoxy groups -OCH3 is 1. The van der Waals surface area contributed by atoms with Gasteiger partial charge in [0.15, 0.2) is 17.4 Å². The number of aromatic amines is 1. The molecule has 42 heavy (non-hydrogen) atoms. The molecule has 0 fully saturated rings. The van der Waals surface area contributed by atoms with Gasteiger partial charge in [-0.25, -0.2) is 9.78 Å². The van der Waals surface area contributed by atoms with Crippen LogP contribution >= 0.6 is 12.2 Å². The second-order valence-corrected chi connectivity index (χ2v) is 9.86. The Hall–Kier alpha value is -4.65. The van der Waals surface area contributed by atoms with Crippen molar-refractivity contribution in [2.45, 2.75) is 39.8 Å². The first-order valence-electron chi connectivity index (χ1n) is 13.8. The van der Waals surface area contributed by atoms with E-state index in [1.54, 1.807) is 35.9 Å². The minimum atomic E-state index is -0.376. The highest BCUT2D eigenvalue weighted by Crippen LogP contribution is 2.22. The van der Waals surface area contributed by atoms with E-state index in [1.807, 2.05) is 38.1 Å². The van der Waals surface area contributed by atoms with E-state index in [1.165, 1.54) is 4.57 Å². The molecule has 0 aliphatic heterocycles. The summed E-state index contributed by atoms with van der Waals surface area (Å²) in [6, 6.07) is 14.4. The number of hydrogen-bond acceptors (Lipinski definition) is 7. The number of carbonyl (C=O) groups excluding carboxylic acids is 1. The van der Waals surface area contributed by atoms with Crippen LogP contribution in [0.3, 0.4) is 0 Å². The van der Waals surface area contributed by atoms with Crippen LogP contribution in [0, 0.1) is 0 Å². The molecule has 0 radical (unpaired) electrons. The van der Waals surface area contributed by atoms with Gasteiger partial charge < -0.3 is 30.4 Å². The SMILES string of the molecule is CCCn1c(=O)c2[nH]c(-c3ccc(OCC(=O)NCCNC(=S)Nc4ccc(OC)cc4)cc3)nc2n(CCC)c1=O. The van der Waals surface area contributed by atoms with Crippen molar-refractivity contribution >= 4 is 40.1 Å². The summed E-state index contributed by atoms with van der Waals surface area (Å²) < 4.78 is 13.5. The summed E-state index contributed by atoms with van der Waals surface area (Å²) in [5.74, 6) is 1.45. The Bertz CT molecular complexity index is 1640. The molecule has 12 nitrogen and oxygen atoms in total. The number of ether oxygens (including phenoxy) is 2. The zero-order valence-corrected chi connectivity index (χ0v) is 24.7. The predicted octanol–water partition coefficient (Wildman–Crippen LogP) is 2.86. The van der Waals surface area contributed by atoms with E-state index in [-0.39, 0.29) is 23.8 Å². The minimum Gasteiger partial charge on any atom is -0.497 e. The van der Waals surface area contributed by atoms with E-state index in [0.717, 1.165) is 17.9 Å². The zero-order chi connectivity index (χ0) is 30.1. The van der Waals surface area contributed by atoms with Gasteiger partial charge in [0.1, 0.15) is 22.8 Å². The molecule has 2 aromatic heterocycles. The molecule has 2 aromatic carbocycles. The quantitative estimate of drug-likeness (QED) is 0.136. The van der Waals surface area contributed by atoms with Gasteiger partial charge in [0.05, 0.1) is 7.11 Å². The van der Waals surface area contributed by atoms with E-state index in [9.17, 15) is 14.4 Å². The number of nitrogens with one attached hydrogen (secondary N) is 4. The molecule has 222 valence electrons. The molecule has 4 aromatic rings. The number of aromatic nitrogens is 4. The molecule has 0 saturated heterocycles. The lowest BCUT2D eigenvalue weighted by Gasteiger charge is -2.12. The van der Waals surface area contributed by atoms with Crippen LogP contribution in [0.1, 0.15) is 26.7 Å². The maximum absolute atomic E-state index is 13.0. The number of anilines is 1. The zero-order valence-electron chi connectivity index (χ0n) is 23.9. The van der Waals surface area contributed by atoms with Crippen molar-refractivity contribution in [1.29, 1.82) is 0 Å². The molecule has 1 amide bonds. The van der Waals surface area contributed by atoms with Crippen molar-refractivity contribution < 1.29 is 14.3 Å². The molecule has 0 aliphatic carbocycles. The summed E-state index contributed by atoms with van der Waals surface area (Å²) in [7, 11) is 1.61. The Balaban J connectivity index is 1.28. The van der Waals surface area contributed by atoms with Gasteiger partial charge in [-0.2, -0.15) is 0 Å². The van der Waals surface area contributed by atoms with Gasteiger partial charge in [0.2, 0.25) is 0 Å². The first-order valence-corrected chi connectivity index (χ1v) is 14.2. The Labute approximate surface area is 248 Å². The maximum atomic E-state index is 13.0. The van der Waals surface area contributed by atoms with Crippen LogP contribution in [0.4, 0.5) is 5.69 Å². The lowest BCUT2D eigenvalue weighted by molar-refractivity contribution is -0.123. The number of rotatable bonds is 13. The molecule has 4 rings (SSSR count). The Morgan fingerprint density at radius 2 is 1.57 bits per heavy atom. The van der Waals surface area contributed by atoms with E-state index >= 15 is 0 Å². The fraction of sp³-hybridized carbons (Fsp3) is 0.345. The van der Waals surface area contributed by atoms with Crippen LogP contribution in [0.5, 0.6) is 11.5 Å². The van der Waals surface area contributed by atoms with Gasteiger partial charge in [0.25, 0.3) is 11.5 Å². The number of imidazole rings is 1. The van der Waals surface area contributed by atoms with Gasteiger partial charge in [0, 0.05) is 37.4 Å². The topological polar surface area (TPSA) is 144 Å². The molecule has 0 bridgehead atoms. The highest BCUT2D eigenvalue weighted by Gasteiger charge is 2.17. The van der Waals surface area contributed by atoms with Crippen molar-refractivity contribution in [3.63, 3.8) is 0 Å². The highest BCUT2D eigenvalue weighted by molar-refractivity contribution is 7.80. The first kappa shape index (κ1) is 30.3. The molecular formula is C29H35N7O5S. The summed E-state index contributed by atoms with van der Waals surface area (Å²) in [6.07, 6.45) is 1.40. The van der Waals surface area contributed by atoms with Gasteiger partial charge >= 0.3 is 5.69 Å². The van der Waals surface area contributed by atoms with Crippen LogP contribution in [-0.4, -0.2) is 56.9 Å². The van der Waals surface area contributed by atoms with E-state index < -0.39 is 0 Å². The summed E-state index contributed by atoms with van der Waals surface area (Å²) in [5.41, 5.74) is 1.46. The molecule has 13 heteroatoms. The third kappa shape index (κ3) is 7.35. The van der Waals surface area contributed by atoms with Crippen molar-refractivity contribution in [3.05, 3.63) is 69.4 Å². The minimum absolute atomic E-state index is 0.154. The molecule has 0 aliphatic rings. The number of aryl methyl sites for hydroxylation is 1. The van der Waals surface area contributed by atoms with Crippen molar-refractivity contribution in [2.24, 2.45) is 0 Å². The molecule has 4 N–H and O–H groups in total. The highest BCUT2D eigenvalue weighted by atomic mass is 32.1. The molecule has 0 atom stereocenters. The second-order valence-electron chi connectivity index (χ2n) is 9.45. The average Bonchev–Trinajstić information content (AvgIpc) is 3.45. The van der Waals surface area contributed by atoms with Crippen LogP contribution in [0.15, 0.2) is 58.1 Å². The Morgan fingerprint density at radius 1 is 0.929 bits per heavy atom. The molecule has 0 spiro atoms. The van der Waals surface area contributed by atoms with Gasteiger partial charge in [-0.1, -0.05) is 13.8 Å². The van der Waals surface area contributed by atoms with Crippen LogP contribution in [0.25, 0.3) is 22.6 Å². The third-order valence-electron chi connectivity index (χ3n) is 6.33. The number of fused-ring (bicyclic) bond motifs is 1. The average molecular weight is 594 g/mol. The summed E-state index contributed by atoms with van der Waals surface area (Å²) in [5, 5.41) is 9.31. The number of H-pyrrole nitrogens is 1. The first-order chi connectivity index (χ1) is 20.3. The van der Waals surface area contributed by atoms with Crippen molar-refractivity contribution in [2.75, 3.05) is 32.1 Å². The fourth-order valence-corrected chi connectivity index (χ4v) is 4.51. The standard InChI is InChI=1S/C29H35N7O5S/c1-4-16-35-26-24(27(38)36(17-5-2)29(35)39)33-25(34-26)19-6-10-22(11-7-19)41-18-23(37)30-14-15-31-28(42)32-20-8-12-21(40-3)13-9-20/h6-13H,4-5,14-18H2,1-3H3,(H,30,37)(H,33,34)(H2,31,32,42). The monoisotopic (exact) mass is 593 g/mol. The van der Waals surface area contributed by atoms with Gasteiger partial charge in [-0.15, -0.1) is 0 Å². The number of benzene rings is 2. The summed E-state index contributed by atoms with van der Waals surface area (Å²) in [6.45, 7) is 5.34. The van der Waals surface area contributed by atoms with Crippen LogP contribution < -0.4 is 36.7 Å². The third-order valence-corrected chi connectivity index (χ3v) is 6.58. The van der Waals surface area contributed by atoms with Gasteiger partial charge in [-0.3, -0.25) is 18.7 Å². The Morgan fingerprint density at radius 3 is 2.24 bits per heavy atom. The van der Waals surface area contributed by atoms with Crippen molar-refractivity contribution in [1.82, 2.24) is 29.7 Å². The van der Waals surface area contributed by atoms with E-state index in [2.05, 4.69) is 25.9 Å². The van der Waals surface area contributed by atoms with Crippen LogP contribution in [0.2, 0.25) is 0 Å². The number of carbonyl (C=O) groups is 1. The number of hydrogen-bond donors (Lipinski definition) is 4. The lowest BCUT2D eigenvalue weighted by atomic mass is 10.2. The Kier molecular flexibility index (Phi) is 10.3. The predicted molar refractivity (Wildman–Crippen MR) is 166 cm³/mol. The molecule has 0 saturated carbocycles. The largest absolute Gasteiger partial charge is 0.497 e. The summed E-state index contributed by atoms with van der Waals surface area (Å²) in [4.78, 5) is 45.8. The number of amides is 1. The van der Waals surface area contributed by atoms with E-state index in [0.29, 0.717) is 66.0 Å². The number of thiocarbonyl (C=S) groups is 1.